The van der Waals surface area contributed by atoms with Crippen molar-refractivity contribution >= 4 is 23.1 Å². The van der Waals surface area contributed by atoms with Crippen LogP contribution in [-0.4, -0.2) is 52.1 Å². The van der Waals surface area contributed by atoms with Gasteiger partial charge in [0.25, 0.3) is 11.6 Å². The highest BCUT2D eigenvalue weighted by Crippen LogP contribution is 2.27. The van der Waals surface area contributed by atoms with Crippen LogP contribution >= 0.6 is 0 Å². The fraction of sp³-hybridized carbons (Fsp3) is 0.333. The van der Waals surface area contributed by atoms with Crippen molar-refractivity contribution in [3.8, 4) is 11.6 Å². The molecule has 2 N–H and O–H groups in total. The topological polar surface area (TPSA) is 134 Å². The first-order valence-corrected chi connectivity index (χ1v) is 8.63. The van der Waals surface area contributed by atoms with E-state index in [1.165, 1.54) is 6.07 Å². The molecule has 0 saturated heterocycles. The van der Waals surface area contributed by atoms with Crippen LogP contribution in [0.5, 0.6) is 11.6 Å². The number of nitro benzene ring substituents is 1. The van der Waals surface area contributed by atoms with Crippen LogP contribution in [0.1, 0.15) is 13.3 Å². The van der Waals surface area contributed by atoms with Crippen molar-refractivity contribution in [2.75, 3.05) is 26.0 Å². The van der Waals surface area contributed by atoms with Crippen LogP contribution in [0.25, 0.3) is 0 Å². The predicted molar refractivity (Wildman–Crippen MR) is 104 cm³/mol. The second-order valence-corrected chi connectivity index (χ2v) is 6.72. The highest BCUT2D eigenvalue weighted by molar-refractivity contribution is 6.41. The van der Waals surface area contributed by atoms with E-state index in [2.05, 4.69) is 15.3 Å². The molecule has 0 unspecified atom stereocenters. The molecular weight excluding hydrogens is 383 g/mol. The summed E-state index contributed by atoms with van der Waals surface area (Å²) in [5, 5.41) is 21.1. The van der Waals surface area contributed by atoms with Gasteiger partial charge in [-0.05, 0) is 32.5 Å². The van der Waals surface area contributed by atoms with Crippen molar-refractivity contribution in [1.82, 2.24) is 14.9 Å². The number of benzene rings is 1. The van der Waals surface area contributed by atoms with E-state index < -0.39 is 22.3 Å². The molecule has 1 aromatic heterocycles. The number of halogens is 1. The lowest BCUT2D eigenvalue weighted by Gasteiger charge is -2.16. The third-order valence-corrected chi connectivity index (χ3v) is 3.73. The zero-order chi connectivity index (χ0) is 21.6. The van der Waals surface area contributed by atoms with E-state index in [9.17, 15) is 19.3 Å². The van der Waals surface area contributed by atoms with Gasteiger partial charge < -0.3 is 15.0 Å². The molecule has 0 fully saturated rings. The Balaban J connectivity index is 2.03. The molecule has 1 heterocycles. The maximum Gasteiger partial charge on any atom is 0.272 e. The molecule has 0 spiro atoms. The number of rotatable bonds is 9. The summed E-state index contributed by atoms with van der Waals surface area (Å²) < 4.78 is 19.2. The van der Waals surface area contributed by atoms with Gasteiger partial charge >= 0.3 is 0 Å². The lowest BCUT2D eigenvalue weighted by Crippen LogP contribution is -2.27. The molecule has 1 amide bonds. The number of nitrogens with zero attached hydrogens (tertiary/aromatic N) is 4. The Kier molecular flexibility index (Phi) is 7.26. The van der Waals surface area contributed by atoms with Gasteiger partial charge in [0.05, 0.1) is 16.7 Å². The average Bonchev–Trinajstić information content (AvgIpc) is 2.62. The zero-order valence-electron chi connectivity index (χ0n) is 16.2. The molecule has 0 bridgehead atoms. The molecule has 0 radical (unpaired) electrons. The quantitative estimate of drug-likeness (QED) is 0.373. The fourth-order valence-electron chi connectivity index (χ4n) is 2.58. The smallest absolute Gasteiger partial charge is 0.272 e. The fourth-order valence-corrected chi connectivity index (χ4v) is 2.58. The van der Waals surface area contributed by atoms with Crippen molar-refractivity contribution in [2.24, 2.45) is 5.92 Å². The van der Waals surface area contributed by atoms with Crippen LogP contribution in [0.4, 0.5) is 15.9 Å². The Labute approximate surface area is 166 Å². The standard InChI is InChI=1S/C18H21FN6O4/c1-11(9-24(2)3)6-14(20)18(26)23-16-8-17(22-10-21-16)29-15-5-4-12(25(27)28)7-13(15)19/h4-5,7-8,10-11,20H,6,9H2,1-3H3,(H,21,22,23,26)/t11-/m1/s1. The van der Waals surface area contributed by atoms with Crippen LogP contribution in [0.2, 0.25) is 0 Å². The average molecular weight is 404 g/mol. The Morgan fingerprint density at radius 1 is 1.38 bits per heavy atom. The van der Waals surface area contributed by atoms with Gasteiger partial charge in [-0.2, -0.15) is 0 Å². The number of carbonyl (C=O) groups is 1. The second kappa shape index (κ2) is 9.64. The van der Waals surface area contributed by atoms with Gasteiger partial charge in [-0.3, -0.25) is 20.3 Å². The largest absolute Gasteiger partial charge is 0.436 e. The molecule has 11 heteroatoms. The van der Waals surface area contributed by atoms with Gasteiger partial charge in [0.15, 0.2) is 11.6 Å². The van der Waals surface area contributed by atoms with Crippen molar-refractivity contribution in [1.29, 1.82) is 5.41 Å². The molecule has 2 rings (SSSR count). The van der Waals surface area contributed by atoms with Crippen LogP contribution in [0, 0.1) is 27.3 Å². The van der Waals surface area contributed by atoms with Crippen molar-refractivity contribution in [2.45, 2.75) is 13.3 Å². The molecule has 1 aromatic carbocycles. The number of ether oxygens (including phenoxy) is 1. The van der Waals surface area contributed by atoms with E-state index in [1.807, 2.05) is 25.9 Å². The summed E-state index contributed by atoms with van der Waals surface area (Å²) >= 11 is 0. The highest BCUT2D eigenvalue weighted by Gasteiger charge is 2.16. The number of aromatic nitrogens is 2. The molecule has 10 nitrogen and oxygen atoms in total. The number of nitro groups is 1. The van der Waals surface area contributed by atoms with Gasteiger partial charge in [-0.25, -0.2) is 14.4 Å². The SMILES string of the molecule is C[C@H](CC(=N)C(=O)Nc1cc(Oc2ccc([N+](=O)[O-])cc2F)ncn1)CN(C)C. The summed E-state index contributed by atoms with van der Waals surface area (Å²) in [6.07, 6.45) is 1.40. The molecule has 154 valence electrons. The van der Waals surface area contributed by atoms with E-state index in [4.69, 9.17) is 10.1 Å². The monoisotopic (exact) mass is 404 g/mol. The minimum Gasteiger partial charge on any atom is -0.436 e. The summed E-state index contributed by atoms with van der Waals surface area (Å²) in [5.74, 6) is -1.68. The van der Waals surface area contributed by atoms with Gasteiger partial charge in [-0.1, -0.05) is 6.92 Å². The number of carbonyl (C=O) groups excluding carboxylic acids is 1. The summed E-state index contributed by atoms with van der Waals surface area (Å²) in [6, 6.07) is 4.19. The highest BCUT2D eigenvalue weighted by atomic mass is 19.1. The Morgan fingerprint density at radius 3 is 2.72 bits per heavy atom. The van der Waals surface area contributed by atoms with E-state index in [0.29, 0.717) is 6.42 Å². The molecule has 0 aliphatic rings. The Hall–Kier alpha value is -3.47. The third-order valence-electron chi connectivity index (χ3n) is 3.73. The lowest BCUT2D eigenvalue weighted by atomic mass is 10.0. The van der Waals surface area contributed by atoms with Crippen molar-refractivity contribution < 1.29 is 18.8 Å². The second-order valence-electron chi connectivity index (χ2n) is 6.72. The molecular formula is C18H21FN6O4. The third kappa shape index (κ3) is 6.57. The summed E-state index contributed by atoms with van der Waals surface area (Å²) in [4.78, 5) is 31.8. The summed E-state index contributed by atoms with van der Waals surface area (Å²) in [6.45, 7) is 2.68. The van der Waals surface area contributed by atoms with Gasteiger partial charge in [-0.15, -0.1) is 0 Å². The van der Waals surface area contributed by atoms with Crippen LogP contribution in [-0.2, 0) is 4.79 Å². The van der Waals surface area contributed by atoms with Gasteiger partial charge in [0, 0.05) is 18.7 Å². The summed E-state index contributed by atoms with van der Waals surface area (Å²) in [7, 11) is 3.83. The number of hydrogen-bond donors (Lipinski definition) is 2. The molecule has 2 aromatic rings. The van der Waals surface area contributed by atoms with Crippen LogP contribution in [0.15, 0.2) is 30.6 Å². The molecule has 1 atom stereocenters. The van der Waals surface area contributed by atoms with E-state index in [-0.39, 0.29) is 29.1 Å². The van der Waals surface area contributed by atoms with E-state index >= 15 is 0 Å². The van der Waals surface area contributed by atoms with Gasteiger partial charge in [0.2, 0.25) is 5.88 Å². The number of amides is 1. The normalized spacial score (nSPS) is 11.8. The van der Waals surface area contributed by atoms with Crippen LogP contribution in [0.3, 0.4) is 0 Å². The lowest BCUT2D eigenvalue weighted by molar-refractivity contribution is -0.385. The predicted octanol–water partition coefficient (Wildman–Crippen LogP) is 2.86. The number of nitrogens with one attached hydrogen (secondary N) is 2. The van der Waals surface area contributed by atoms with Gasteiger partial charge in [0.1, 0.15) is 12.1 Å². The maximum atomic E-state index is 14.0. The minimum absolute atomic E-state index is 0.0736. The Morgan fingerprint density at radius 2 is 2.10 bits per heavy atom. The summed E-state index contributed by atoms with van der Waals surface area (Å²) in [5.41, 5.74) is -0.505. The maximum absolute atomic E-state index is 14.0. The van der Waals surface area contributed by atoms with E-state index in [1.54, 1.807) is 0 Å². The first kappa shape index (κ1) is 21.8. The molecule has 29 heavy (non-hydrogen) atoms. The Bertz CT molecular complexity index is 921. The van der Waals surface area contributed by atoms with Crippen molar-refractivity contribution in [3.63, 3.8) is 0 Å². The van der Waals surface area contributed by atoms with Crippen LogP contribution < -0.4 is 10.1 Å². The molecule has 0 aliphatic heterocycles. The van der Waals surface area contributed by atoms with E-state index in [0.717, 1.165) is 31.1 Å². The molecule has 0 aliphatic carbocycles. The van der Waals surface area contributed by atoms with Crippen molar-refractivity contribution in [3.05, 3.63) is 46.5 Å². The first-order chi connectivity index (χ1) is 13.7. The minimum atomic E-state index is -0.931. The first-order valence-electron chi connectivity index (χ1n) is 8.63. The zero-order valence-corrected chi connectivity index (χ0v) is 16.2. The number of anilines is 1. The number of non-ortho nitro benzene ring substituents is 1. The number of hydrogen-bond acceptors (Lipinski definition) is 8. The molecule has 0 saturated carbocycles.